The molecule has 0 fully saturated rings. The van der Waals surface area contributed by atoms with Gasteiger partial charge in [-0.15, -0.1) is 21.5 Å². The number of thioether (sulfide) groups is 1. The van der Waals surface area contributed by atoms with Gasteiger partial charge in [0, 0.05) is 13.1 Å². The lowest BCUT2D eigenvalue weighted by molar-refractivity contribution is -0.115. The zero-order valence-electron chi connectivity index (χ0n) is 13.4. The largest absolute Gasteiger partial charge is 0.323 e. The fourth-order valence-corrected chi connectivity index (χ4v) is 3.64. The highest BCUT2D eigenvalue weighted by molar-refractivity contribution is 8.00. The van der Waals surface area contributed by atoms with Crippen molar-refractivity contribution >= 4 is 34.7 Å². The molecule has 1 N–H and O–H groups in total. The van der Waals surface area contributed by atoms with Crippen molar-refractivity contribution in [1.82, 2.24) is 14.8 Å². The number of nitrogens with zero attached hydrogens (tertiary/aromatic N) is 3. The second kappa shape index (κ2) is 7.32. The molecule has 0 bridgehead atoms. The smallest absolute Gasteiger partial charge is 0.237 e. The molecule has 1 unspecified atom stereocenters. The van der Waals surface area contributed by atoms with E-state index >= 15 is 0 Å². The van der Waals surface area contributed by atoms with Crippen molar-refractivity contribution in [2.75, 3.05) is 5.32 Å². The van der Waals surface area contributed by atoms with Crippen molar-refractivity contribution in [3.05, 3.63) is 47.3 Å². The van der Waals surface area contributed by atoms with E-state index < -0.39 is 22.8 Å². The molecular weight excluding hydrogens is 366 g/mol. The Labute approximate surface area is 151 Å². The summed E-state index contributed by atoms with van der Waals surface area (Å²) in [6.07, 6.45) is 0. The van der Waals surface area contributed by atoms with E-state index in [1.54, 1.807) is 22.8 Å². The van der Waals surface area contributed by atoms with Gasteiger partial charge in [0.1, 0.15) is 11.6 Å². The predicted molar refractivity (Wildman–Crippen MR) is 94.6 cm³/mol. The summed E-state index contributed by atoms with van der Waals surface area (Å²) in [6.45, 7) is 1.66. The Balaban J connectivity index is 1.71. The zero-order chi connectivity index (χ0) is 18.0. The molecule has 5 nitrogen and oxygen atoms in total. The van der Waals surface area contributed by atoms with Gasteiger partial charge in [-0.3, -0.25) is 4.79 Å². The second-order valence-corrected chi connectivity index (χ2v) is 7.47. The topological polar surface area (TPSA) is 59.8 Å². The summed E-state index contributed by atoms with van der Waals surface area (Å²) in [4.78, 5) is 13.2. The molecule has 2 heterocycles. The molecule has 1 atom stereocenters. The molecule has 0 spiro atoms. The van der Waals surface area contributed by atoms with Crippen LogP contribution in [0, 0.1) is 11.6 Å². The Bertz CT molecular complexity index is 896. The fourth-order valence-electron chi connectivity index (χ4n) is 2.08. The van der Waals surface area contributed by atoms with Crippen molar-refractivity contribution < 1.29 is 13.6 Å². The Morgan fingerprint density at radius 2 is 2.12 bits per heavy atom. The maximum Gasteiger partial charge on any atom is 0.237 e. The molecule has 1 amide bonds. The minimum absolute atomic E-state index is 0.185. The van der Waals surface area contributed by atoms with Crippen LogP contribution >= 0.6 is 23.1 Å². The van der Waals surface area contributed by atoms with Crippen LogP contribution in [0.1, 0.15) is 6.92 Å². The molecule has 1 aromatic carbocycles. The Morgan fingerprint density at radius 3 is 2.84 bits per heavy atom. The van der Waals surface area contributed by atoms with Gasteiger partial charge in [0.2, 0.25) is 5.91 Å². The van der Waals surface area contributed by atoms with E-state index in [0.717, 1.165) is 23.1 Å². The zero-order valence-corrected chi connectivity index (χ0v) is 15.0. The minimum atomic E-state index is -0.689. The number of nitrogens with one attached hydrogen (secondary N) is 1. The van der Waals surface area contributed by atoms with Crippen molar-refractivity contribution in [3.8, 4) is 10.7 Å². The number of hydrogen-bond acceptors (Lipinski definition) is 5. The first-order chi connectivity index (χ1) is 12.0. The van der Waals surface area contributed by atoms with Gasteiger partial charge in [-0.1, -0.05) is 17.8 Å². The normalized spacial score (nSPS) is 12.2. The highest BCUT2D eigenvalue weighted by Gasteiger charge is 2.20. The van der Waals surface area contributed by atoms with Crippen LogP contribution in [0.3, 0.4) is 0 Å². The first-order valence-electron chi connectivity index (χ1n) is 7.31. The molecule has 25 heavy (non-hydrogen) atoms. The van der Waals surface area contributed by atoms with E-state index in [0.29, 0.717) is 11.0 Å². The lowest BCUT2D eigenvalue weighted by atomic mass is 10.3. The first-order valence-corrected chi connectivity index (χ1v) is 9.07. The lowest BCUT2D eigenvalue weighted by Gasteiger charge is -2.12. The Hall–Kier alpha value is -2.26. The van der Waals surface area contributed by atoms with Gasteiger partial charge in [0.05, 0.1) is 15.8 Å². The molecule has 130 valence electrons. The van der Waals surface area contributed by atoms with Crippen LogP contribution in [-0.2, 0) is 11.8 Å². The van der Waals surface area contributed by atoms with Crippen molar-refractivity contribution in [2.45, 2.75) is 17.3 Å². The van der Waals surface area contributed by atoms with Crippen LogP contribution in [0.5, 0.6) is 0 Å². The molecule has 0 radical (unpaired) electrons. The third-order valence-corrected chi connectivity index (χ3v) is 5.41. The average Bonchev–Trinajstić information content (AvgIpc) is 3.21. The molecule has 9 heteroatoms. The Morgan fingerprint density at radius 1 is 1.32 bits per heavy atom. The number of aromatic nitrogens is 3. The number of amides is 1. The van der Waals surface area contributed by atoms with Crippen molar-refractivity contribution in [1.29, 1.82) is 0 Å². The second-order valence-electron chi connectivity index (χ2n) is 5.22. The lowest BCUT2D eigenvalue weighted by Crippen LogP contribution is -2.23. The van der Waals surface area contributed by atoms with Crippen LogP contribution in [0.25, 0.3) is 10.7 Å². The highest BCUT2D eigenvalue weighted by Crippen LogP contribution is 2.28. The van der Waals surface area contributed by atoms with Crippen LogP contribution in [-0.4, -0.2) is 25.9 Å². The molecule has 0 aliphatic carbocycles. The van der Waals surface area contributed by atoms with Gasteiger partial charge >= 0.3 is 0 Å². The number of carbonyl (C=O) groups is 1. The molecule has 0 saturated carbocycles. The monoisotopic (exact) mass is 380 g/mol. The van der Waals surface area contributed by atoms with E-state index in [-0.39, 0.29) is 5.69 Å². The summed E-state index contributed by atoms with van der Waals surface area (Å²) in [5, 5.41) is 12.6. The van der Waals surface area contributed by atoms with Gasteiger partial charge in [0.15, 0.2) is 11.0 Å². The van der Waals surface area contributed by atoms with E-state index in [9.17, 15) is 13.6 Å². The molecular formula is C16H14F2N4OS2. The molecule has 0 aliphatic rings. The van der Waals surface area contributed by atoms with E-state index in [1.165, 1.54) is 11.8 Å². The van der Waals surface area contributed by atoms with Crippen LogP contribution in [0.4, 0.5) is 14.5 Å². The maximum atomic E-state index is 13.6. The molecule has 0 aliphatic heterocycles. The van der Waals surface area contributed by atoms with Gasteiger partial charge in [0.25, 0.3) is 0 Å². The van der Waals surface area contributed by atoms with Gasteiger partial charge < -0.3 is 9.88 Å². The summed E-state index contributed by atoms with van der Waals surface area (Å²) in [5.41, 5.74) is -0.185. The summed E-state index contributed by atoms with van der Waals surface area (Å²) in [5.74, 6) is -1.05. The number of thiophene rings is 1. The minimum Gasteiger partial charge on any atom is -0.323 e. The van der Waals surface area contributed by atoms with E-state index in [4.69, 9.17) is 0 Å². The van der Waals surface area contributed by atoms with Crippen LogP contribution in [0.15, 0.2) is 40.9 Å². The quantitative estimate of drug-likeness (QED) is 0.681. The van der Waals surface area contributed by atoms with Crippen molar-refractivity contribution in [3.63, 3.8) is 0 Å². The van der Waals surface area contributed by atoms with Gasteiger partial charge in [-0.2, -0.15) is 0 Å². The average molecular weight is 380 g/mol. The van der Waals surface area contributed by atoms with Crippen LogP contribution < -0.4 is 5.32 Å². The highest BCUT2D eigenvalue weighted by atomic mass is 32.2. The number of hydrogen-bond donors (Lipinski definition) is 1. The fraction of sp³-hybridized carbons (Fsp3) is 0.188. The molecule has 3 rings (SSSR count). The number of anilines is 1. The SMILES string of the molecule is CC(Sc1nnc(-c2cccs2)n1C)C(=O)Nc1cc(F)ccc1F. The van der Waals surface area contributed by atoms with Crippen molar-refractivity contribution in [2.24, 2.45) is 7.05 Å². The van der Waals surface area contributed by atoms with Gasteiger partial charge in [-0.05, 0) is 30.5 Å². The summed E-state index contributed by atoms with van der Waals surface area (Å²) < 4.78 is 28.6. The maximum absolute atomic E-state index is 13.6. The first kappa shape index (κ1) is 17.6. The standard InChI is InChI=1S/C16H14F2N4OS2/c1-9(15(23)19-12-8-10(17)5-6-11(12)18)25-16-21-20-14(22(16)2)13-4-3-7-24-13/h3-9H,1-2H3,(H,19,23). The third-order valence-electron chi connectivity index (χ3n) is 3.41. The summed E-state index contributed by atoms with van der Waals surface area (Å²) >= 11 is 2.74. The number of carbonyl (C=O) groups excluding carboxylic acids is 1. The molecule has 0 saturated heterocycles. The number of benzene rings is 1. The Kier molecular flexibility index (Phi) is 5.14. The van der Waals surface area contributed by atoms with E-state index in [1.807, 2.05) is 24.6 Å². The molecule has 3 aromatic rings. The molecule has 2 aromatic heterocycles. The number of rotatable bonds is 5. The summed E-state index contributed by atoms with van der Waals surface area (Å²) in [7, 11) is 1.81. The predicted octanol–water partition coefficient (Wildman–Crippen LogP) is 3.94. The third kappa shape index (κ3) is 3.88. The number of halogens is 2. The van der Waals surface area contributed by atoms with Gasteiger partial charge in [-0.25, -0.2) is 8.78 Å². The summed E-state index contributed by atoms with van der Waals surface area (Å²) in [6, 6.07) is 6.77. The van der Waals surface area contributed by atoms with Crippen LogP contribution in [0.2, 0.25) is 0 Å². The van der Waals surface area contributed by atoms with E-state index in [2.05, 4.69) is 15.5 Å².